The summed E-state index contributed by atoms with van der Waals surface area (Å²) in [6.07, 6.45) is 3.42. The first-order valence-corrected chi connectivity index (χ1v) is 9.07. The van der Waals surface area contributed by atoms with Crippen molar-refractivity contribution in [2.75, 3.05) is 13.7 Å². The molecule has 0 saturated heterocycles. The van der Waals surface area contributed by atoms with Crippen LogP contribution in [-0.4, -0.2) is 28.0 Å². The van der Waals surface area contributed by atoms with Gasteiger partial charge < -0.3 is 10.1 Å². The zero-order chi connectivity index (χ0) is 15.5. The first-order chi connectivity index (χ1) is 9.90. The molecule has 1 saturated carbocycles. The number of carbonyl (C=O) groups is 1. The number of ether oxygens (including phenoxy) is 1. The van der Waals surface area contributed by atoms with Crippen LogP contribution in [0, 0.1) is 5.92 Å². The molecule has 0 aliphatic heterocycles. The Labute approximate surface area is 129 Å². The van der Waals surface area contributed by atoms with Crippen molar-refractivity contribution in [2.45, 2.75) is 30.8 Å². The van der Waals surface area contributed by atoms with Crippen molar-refractivity contribution >= 4 is 25.6 Å². The molecule has 0 radical (unpaired) electrons. The molecule has 7 heteroatoms. The molecule has 0 unspecified atom stereocenters. The van der Waals surface area contributed by atoms with E-state index in [2.05, 4.69) is 5.32 Å². The fourth-order valence-corrected chi connectivity index (χ4v) is 2.91. The van der Waals surface area contributed by atoms with Crippen LogP contribution in [0.2, 0.25) is 0 Å². The summed E-state index contributed by atoms with van der Waals surface area (Å²) in [5.74, 6) is 0.430. The second-order valence-electron chi connectivity index (χ2n) is 5.22. The molecule has 1 amide bonds. The molecule has 0 bridgehead atoms. The van der Waals surface area contributed by atoms with Gasteiger partial charge in [0.1, 0.15) is 0 Å². The lowest BCUT2D eigenvalue weighted by atomic mass is 10.1. The molecule has 1 N–H and O–H groups in total. The number of benzene rings is 1. The standard InChI is InChI=1S/C14H18ClNO4S/c1-20-9-11-6-12(8-13(7-11)21(15,18)19)14(17)16-5-4-10-2-3-10/h6-8,10H,2-5,9H2,1H3,(H,16,17). The van der Waals surface area contributed by atoms with Gasteiger partial charge in [-0.2, -0.15) is 0 Å². The Bertz CT molecular complexity index is 626. The summed E-state index contributed by atoms with van der Waals surface area (Å²) < 4.78 is 27.9. The normalized spacial score (nSPS) is 15.0. The SMILES string of the molecule is COCc1cc(C(=O)NCCC2CC2)cc(S(=O)(=O)Cl)c1. The number of methoxy groups -OCH3 is 1. The van der Waals surface area contributed by atoms with E-state index in [-0.39, 0.29) is 23.0 Å². The van der Waals surface area contributed by atoms with Gasteiger partial charge in [-0.25, -0.2) is 8.42 Å². The smallest absolute Gasteiger partial charge is 0.261 e. The van der Waals surface area contributed by atoms with Crippen molar-refractivity contribution in [3.8, 4) is 0 Å². The van der Waals surface area contributed by atoms with Crippen LogP contribution in [0.25, 0.3) is 0 Å². The minimum Gasteiger partial charge on any atom is -0.380 e. The Balaban J connectivity index is 2.15. The molecule has 5 nitrogen and oxygen atoms in total. The van der Waals surface area contributed by atoms with E-state index < -0.39 is 9.05 Å². The summed E-state index contributed by atoms with van der Waals surface area (Å²) in [7, 11) is 2.97. The van der Waals surface area contributed by atoms with E-state index >= 15 is 0 Å². The lowest BCUT2D eigenvalue weighted by molar-refractivity contribution is 0.0952. The predicted molar refractivity (Wildman–Crippen MR) is 79.9 cm³/mol. The van der Waals surface area contributed by atoms with Crippen molar-refractivity contribution < 1.29 is 17.9 Å². The predicted octanol–water partition coefficient (Wildman–Crippen LogP) is 2.29. The van der Waals surface area contributed by atoms with E-state index in [0.29, 0.717) is 12.1 Å². The Kier molecular flexibility index (Phi) is 5.24. The molecule has 1 aliphatic carbocycles. The molecule has 1 aromatic carbocycles. The molecule has 0 atom stereocenters. The first kappa shape index (κ1) is 16.3. The highest BCUT2D eigenvalue weighted by atomic mass is 35.7. The molecular formula is C14H18ClNO4S. The summed E-state index contributed by atoms with van der Waals surface area (Å²) in [6.45, 7) is 0.809. The van der Waals surface area contributed by atoms with E-state index in [0.717, 1.165) is 12.3 Å². The van der Waals surface area contributed by atoms with Crippen LogP contribution < -0.4 is 5.32 Å². The average Bonchev–Trinajstić information content (AvgIpc) is 3.22. The van der Waals surface area contributed by atoms with Gasteiger partial charge in [0.25, 0.3) is 15.0 Å². The van der Waals surface area contributed by atoms with Crippen molar-refractivity contribution in [3.05, 3.63) is 29.3 Å². The highest BCUT2D eigenvalue weighted by Crippen LogP contribution is 2.31. The molecule has 1 aliphatic rings. The van der Waals surface area contributed by atoms with E-state index in [1.807, 2.05) is 0 Å². The Hall–Kier alpha value is -1.11. The fourth-order valence-electron chi connectivity index (χ4n) is 2.08. The van der Waals surface area contributed by atoms with Gasteiger partial charge in [0.2, 0.25) is 0 Å². The minimum absolute atomic E-state index is 0.0916. The zero-order valence-electron chi connectivity index (χ0n) is 11.8. The number of amides is 1. The van der Waals surface area contributed by atoms with Crippen molar-refractivity contribution in [1.29, 1.82) is 0 Å². The number of rotatable bonds is 7. The fraction of sp³-hybridized carbons (Fsp3) is 0.500. The zero-order valence-corrected chi connectivity index (χ0v) is 13.3. The third-order valence-electron chi connectivity index (χ3n) is 3.36. The molecular weight excluding hydrogens is 314 g/mol. The van der Waals surface area contributed by atoms with Gasteiger partial charge >= 0.3 is 0 Å². The molecule has 21 heavy (non-hydrogen) atoms. The minimum atomic E-state index is -3.89. The van der Waals surface area contributed by atoms with Crippen LogP contribution in [-0.2, 0) is 20.4 Å². The molecule has 1 fully saturated rings. The van der Waals surface area contributed by atoms with Gasteiger partial charge in [0.05, 0.1) is 11.5 Å². The lowest BCUT2D eigenvalue weighted by Gasteiger charge is -2.09. The third-order valence-corrected chi connectivity index (χ3v) is 4.69. The van der Waals surface area contributed by atoms with Crippen LogP contribution in [0.15, 0.2) is 23.1 Å². The third kappa shape index (κ3) is 4.98. The van der Waals surface area contributed by atoms with Gasteiger partial charge in [-0.15, -0.1) is 0 Å². The molecule has 1 aromatic rings. The first-order valence-electron chi connectivity index (χ1n) is 6.76. The number of halogens is 1. The van der Waals surface area contributed by atoms with E-state index in [9.17, 15) is 13.2 Å². The van der Waals surface area contributed by atoms with Crippen LogP contribution in [0.5, 0.6) is 0 Å². The highest BCUT2D eigenvalue weighted by molar-refractivity contribution is 8.13. The van der Waals surface area contributed by atoms with E-state index in [4.69, 9.17) is 15.4 Å². The second kappa shape index (κ2) is 6.77. The molecule has 0 aromatic heterocycles. The van der Waals surface area contributed by atoms with Crippen LogP contribution in [0.1, 0.15) is 35.2 Å². The summed E-state index contributed by atoms with van der Waals surface area (Å²) in [5, 5.41) is 2.80. The number of nitrogens with one attached hydrogen (secondary N) is 1. The highest BCUT2D eigenvalue weighted by Gasteiger charge is 2.21. The summed E-state index contributed by atoms with van der Waals surface area (Å²) in [6, 6.07) is 4.31. The molecule has 2 rings (SSSR count). The van der Waals surface area contributed by atoms with Crippen LogP contribution in [0.3, 0.4) is 0 Å². The van der Waals surface area contributed by atoms with Gasteiger partial charge in [-0.05, 0) is 36.1 Å². The summed E-state index contributed by atoms with van der Waals surface area (Å²) >= 11 is 0. The van der Waals surface area contributed by atoms with Gasteiger partial charge in [0.15, 0.2) is 0 Å². The topological polar surface area (TPSA) is 72.5 Å². The Morgan fingerprint density at radius 1 is 1.38 bits per heavy atom. The van der Waals surface area contributed by atoms with Gasteiger partial charge in [0, 0.05) is 29.9 Å². The maximum Gasteiger partial charge on any atom is 0.261 e. The average molecular weight is 332 g/mol. The maximum absolute atomic E-state index is 12.1. The monoisotopic (exact) mass is 331 g/mol. The van der Waals surface area contributed by atoms with Gasteiger partial charge in [-0.1, -0.05) is 12.8 Å². The van der Waals surface area contributed by atoms with E-state index in [1.54, 1.807) is 6.07 Å². The lowest BCUT2D eigenvalue weighted by Crippen LogP contribution is -2.25. The molecule has 0 spiro atoms. The van der Waals surface area contributed by atoms with Crippen molar-refractivity contribution in [3.63, 3.8) is 0 Å². The summed E-state index contributed by atoms with van der Waals surface area (Å²) in [4.78, 5) is 12.0. The Morgan fingerprint density at radius 2 is 2.10 bits per heavy atom. The van der Waals surface area contributed by atoms with Crippen LogP contribution >= 0.6 is 10.7 Å². The number of hydrogen-bond donors (Lipinski definition) is 1. The van der Waals surface area contributed by atoms with Crippen molar-refractivity contribution in [1.82, 2.24) is 5.32 Å². The quantitative estimate of drug-likeness (QED) is 0.778. The van der Waals surface area contributed by atoms with Gasteiger partial charge in [-0.3, -0.25) is 4.79 Å². The number of carbonyl (C=O) groups excluding carboxylic acids is 1. The number of hydrogen-bond acceptors (Lipinski definition) is 4. The Morgan fingerprint density at radius 3 is 2.67 bits per heavy atom. The molecule has 116 valence electrons. The molecule has 0 heterocycles. The maximum atomic E-state index is 12.1. The van der Waals surface area contributed by atoms with Crippen molar-refractivity contribution in [2.24, 2.45) is 5.92 Å². The second-order valence-corrected chi connectivity index (χ2v) is 7.79. The summed E-state index contributed by atoms with van der Waals surface area (Å²) in [5.41, 5.74) is 0.867. The van der Waals surface area contributed by atoms with Crippen LogP contribution in [0.4, 0.5) is 0 Å². The largest absolute Gasteiger partial charge is 0.380 e. The van der Waals surface area contributed by atoms with E-state index in [1.165, 1.54) is 32.1 Å².